The molecule has 1 amide bonds. The number of nitrogens with one attached hydrogen (secondary N) is 1. The Hall–Kier alpha value is -2.96. The van der Waals surface area contributed by atoms with Crippen molar-refractivity contribution in [1.82, 2.24) is 5.32 Å². The fourth-order valence-electron chi connectivity index (χ4n) is 2.25. The molecule has 1 aliphatic rings. The Labute approximate surface area is 131 Å². The molecule has 2 N–H and O–H groups in total. The molecule has 1 aromatic heterocycles. The molecule has 3 rings (SSSR count). The molecule has 1 aliphatic heterocycles. The summed E-state index contributed by atoms with van der Waals surface area (Å²) in [6.45, 7) is 2.81. The van der Waals surface area contributed by atoms with Gasteiger partial charge < -0.3 is 24.3 Å². The van der Waals surface area contributed by atoms with Crippen LogP contribution in [0.2, 0.25) is 0 Å². The van der Waals surface area contributed by atoms with Crippen molar-refractivity contribution in [3.8, 4) is 11.5 Å². The summed E-state index contributed by atoms with van der Waals surface area (Å²) in [5.74, 6) is -0.365. The number of hydrogen-bond donors (Lipinski definition) is 2. The minimum atomic E-state index is -1.15. The first kappa shape index (κ1) is 15.0. The molecule has 0 spiro atoms. The van der Waals surface area contributed by atoms with Crippen LogP contribution in [-0.2, 0) is 0 Å². The smallest absolute Gasteiger partial charge is 0.338 e. The quantitative estimate of drug-likeness (QED) is 0.897. The predicted molar refractivity (Wildman–Crippen MR) is 79.0 cm³/mol. The normalized spacial score (nSPS) is 14.1. The minimum absolute atomic E-state index is 0.0493. The van der Waals surface area contributed by atoms with Crippen molar-refractivity contribution in [3.05, 3.63) is 47.4 Å². The third-order valence-corrected chi connectivity index (χ3v) is 3.48. The Morgan fingerprint density at radius 3 is 2.61 bits per heavy atom. The number of aromatic carboxylic acids is 1. The van der Waals surface area contributed by atoms with Crippen LogP contribution in [0.4, 0.5) is 0 Å². The molecule has 0 radical (unpaired) electrons. The van der Waals surface area contributed by atoms with Gasteiger partial charge in [-0.25, -0.2) is 4.79 Å². The Morgan fingerprint density at radius 2 is 1.91 bits per heavy atom. The lowest BCUT2D eigenvalue weighted by Crippen LogP contribution is -2.26. The molecule has 120 valence electrons. The van der Waals surface area contributed by atoms with Crippen molar-refractivity contribution in [2.45, 2.75) is 13.0 Å². The summed E-state index contributed by atoms with van der Waals surface area (Å²) in [6.07, 6.45) is 1.03. The number of carboxylic acid groups (broad SMARTS) is 1. The van der Waals surface area contributed by atoms with E-state index in [-0.39, 0.29) is 17.4 Å². The highest BCUT2D eigenvalue weighted by molar-refractivity contribution is 5.95. The molecule has 2 aromatic rings. The van der Waals surface area contributed by atoms with E-state index < -0.39 is 11.9 Å². The largest absolute Gasteiger partial charge is 0.486 e. The number of carbonyl (C=O) groups excluding carboxylic acids is 1. The fraction of sp³-hybridized carbons (Fsp3) is 0.250. The predicted octanol–water partition coefficient (Wildman–Crippen LogP) is 2.24. The van der Waals surface area contributed by atoms with Crippen molar-refractivity contribution in [2.75, 3.05) is 13.2 Å². The molecule has 1 unspecified atom stereocenters. The number of fused-ring (bicyclic) bond motifs is 1. The summed E-state index contributed by atoms with van der Waals surface area (Å²) in [7, 11) is 0. The van der Waals surface area contributed by atoms with Crippen LogP contribution in [0.3, 0.4) is 0 Å². The first-order chi connectivity index (χ1) is 11.0. The third kappa shape index (κ3) is 3.13. The molecule has 1 aromatic carbocycles. The monoisotopic (exact) mass is 317 g/mol. The number of rotatable bonds is 4. The van der Waals surface area contributed by atoms with Crippen molar-refractivity contribution < 1.29 is 28.6 Å². The Kier molecular flexibility index (Phi) is 3.92. The van der Waals surface area contributed by atoms with Gasteiger partial charge in [0.25, 0.3) is 5.91 Å². The van der Waals surface area contributed by atoms with Crippen LogP contribution < -0.4 is 14.8 Å². The molecular formula is C16H15NO6. The second-order valence-electron chi connectivity index (χ2n) is 5.10. The van der Waals surface area contributed by atoms with Gasteiger partial charge in [0.1, 0.15) is 19.5 Å². The van der Waals surface area contributed by atoms with Crippen LogP contribution in [0.1, 0.15) is 39.4 Å². The second kappa shape index (κ2) is 6.04. The lowest BCUT2D eigenvalue weighted by atomic mass is 10.1. The third-order valence-electron chi connectivity index (χ3n) is 3.48. The summed E-state index contributed by atoms with van der Waals surface area (Å²) in [6, 6.07) is 6.32. The molecule has 7 heteroatoms. The average Bonchev–Trinajstić information content (AvgIpc) is 3.04. The van der Waals surface area contributed by atoms with Crippen LogP contribution in [0.25, 0.3) is 0 Å². The number of benzene rings is 1. The SMILES string of the molecule is CC(NC(=O)c1cc(C(=O)O)co1)c1ccc2c(c1)OCCO2. The Balaban J connectivity index is 1.71. The van der Waals surface area contributed by atoms with E-state index in [1.807, 2.05) is 19.1 Å². The maximum absolute atomic E-state index is 12.1. The highest BCUT2D eigenvalue weighted by atomic mass is 16.6. The van der Waals surface area contributed by atoms with Crippen molar-refractivity contribution in [2.24, 2.45) is 0 Å². The summed E-state index contributed by atoms with van der Waals surface area (Å²) in [4.78, 5) is 22.9. The standard InChI is InChI=1S/C16H15NO6/c1-9(10-2-3-12-13(6-10)22-5-4-21-12)17-15(18)14-7-11(8-23-14)16(19)20/h2-3,6-9H,4-5H2,1H3,(H,17,18)(H,19,20). The van der Waals surface area contributed by atoms with Gasteiger partial charge >= 0.3 is 5.97 Å². The zero-order chi connectivity index (χ0) is 16.4. The topological polar surface area (TPSA) is 98.0 Å². The van der Waals surface area contributed by atoms with E-state index >= 15 is 0 Å². The van der Waals surface area contributed by atoms with Crippen molar-refractivity contribution >= 4 is 11.9 Å². The molecule has 0 saturated heterocycles. The molecular weight excluding hydrogens is 302 g/mol. The molecule has 0 bridgehead atoms. The van der Waals surface area contributed by atoms with E-state index in [0.29, 0.717) is 24.7 Å². The van der Waals surface area contributed by atoms with E-state index in [1.165, 1.54) is 6.07 Å². The Morgan fingerprint density at radius 1 is 1.17 bits per heavy atom. The molecule has 23 heavy (non-hydrogen) atoms. The van der Waals surface area contributed by atoms with Crippen molar-refractivity contribution in [3.63, 3.8) is 0 Å². The van der Waals surface area contributed by atoms with Gasteiger partial charge in [0.05, 0.1) is 11.6 Å². The highest BCUT2D eigenvalue weighted by Crippen LogP contribution is 2.32. The first-order valence-corrected chi connectivity index (χ1v) is 7.07. The second-order valence-corrected chi connectivity index (χ2v) is 5.10. The van der Waals surface area contributed by atoms with E-state index in [4.69, 9.17) is 19.0 Å². The van der Waals surface area contributed by atoms with Gasteiger partial charge in [-0.05, 0) is 24.6 Å². The molecule has 0 aliphatic carbocycles. The lowest BCUT2D eigenvalue weighted by molar-refractivity contribution is 0.0695. The van der Waals surface area contributed by atoms with Gasteiger partial charge in [-0.15, -0.1) is 0 Å². The maximum atomic E-state index is 12.1. The lowest BCUT2D eigenvalue weighted by Gasteiger charge is -2.20. The number of carboxylic acids is 1. The number of hydrogen-bond acceptors (Lipinski definition) is 5. The molecule has 0 fully saturated rings. The minimum Gasteiger partial charge on any atom is -0.486 e. The van der Waals surface area contributed by atoms with E-state index in [2.05, 4.69) is 5.32 Å². The van der Waals surface area contributed by atoms with Gasteiger partial charge in [0, 0.05) is 6.07 Å². The zero-order valence-electron chi connectivity index (χ0n) is 12.4. The summed E-state index contributed by atoms with van der Waals surface area (Å²) in [5, 5.41) is 11.6. The van der Waals surface area contributed by atoms with E-state index in [9.17, 15) is 9.59 Å². The number of amides is 1. The molecule has 2 heterocycles. The van der Waals surface area contributed by atoms with E-state index in [0.717, 1.165) is 11.8 Å². The average molecular weight is 317 g/mol. The highest BCUT2D eigenvalue weighted by Gasteiger charge is 2.19. The summed E-state index contributed by atoms with van der Waals surface area (Å²) < 4.78 is 15.9. The van der Waals surface area contributed by atoms with Crippen molar-refractivity contribution in [1.29, 1.82) is 0 Å². The molecule has 0 saturated carbocycles. The fourth-order valence-corrected chi connectivity index (χ4v) is 2.25. The summed E-state index contributed by atoms with van der Waals surface area (Å²) >= 11 is 0. The van der Waals surface area contributed by atoms with Crippen LogP contribution >= 0.6 is 0 Å². The van der Waals surface area contributed by atoms with Gasteiger partial charge in [-0.3, -0.25) is 4.79 Å². The van der Waals surface area contributed by atoms with Gasteiger partial charge in [0.2, 0.25) is 0 Å². The summed E-state index contributed by atoms with van der Waals surface area (Å²) in [5.41, 5.74) is 0.773. The first-order valence-electron chi connectivity index (χ1n) is 7.07. The Bertz CT molecular complexity index is 751. The van der Waals surface area contributed by atoms with Gasteiger partial charge in [0.15, 0.2) is 17.3 Å². The molecule has 7 nitrogen and oxygen atoms in total. The van der Waals surface area contributed by atoms with Gasteiger partial charge in [-0.2, -0.15) is 0 Å². The number of ether oxygens (including phenoxy) is 2. The van der Waals surface area contributed by atoms with Gasteiger partial charge in [-0.1, -0.05) is 6.07 Å². The van der Waals surface area contributed by atoms with E-state index in [1.54, 1.807) is 6.07 Å². The van der Waals surface area contributed by atoms with Crippen LogP contribution in [0.5, 0.6) is 11.5 Å². The maximum Gasteiger partial charge on any atom is 0.338 e. The number of carbonyl (C=O) groups is 2. The number of furan rings is 1. The molecule has 1 atom stereocenters. The van der Waals surface area contributed by atoms with Crippen LogP contribution in [-0.4, -0.2) is 30.2 Å². The van der Waals surface area contributed by atoms with Crippen LogP contribution in [0, 0.1) is 0 Å². The zero-order valence-corrected chi connectivity index (χ0v) is 12.4. The van der Waals surface area contributed by atoms with Crippen LogP contribution in [0.15, 0.2) is 34.9 Å².